The van der Waals surface area contributed by atoms with Gasteiger partial charge in [-0.15, -0.1) is 0 Å². The van der Waals surface area contributed by atoms with Crippen molar-refractivity contribution in [3.63, 3.8) is 0 Å². The molecule has 1 atom stereocenters. The van der Waals surface area contributed by atoms with Crippen LogP contribution in [0.5, 0.6) is 0 Å². The average molecular weight is 264 g/mol. The van der Waals surface area contributed by atoms with Gasteiger partial charge >= 0.3 is 5.97 Å². The molecule has 0 unspecified atom stereocenters. The van der Waals surface area contributed by atoms with Gasteiger partial charge in [-0.05, 0) is 25.2 Å². The summed E-state index contributed by atoms with van der Waals surface area (Å²) in [6, 6.07) is -1.29. The van der Waals surface area contributed by atoms with Gasteiger partial charge in [0.05, 0.1) is 5.75 Å². The van der Waals surface area contributed by atoms with Crippen LogP contribution in [0.15, 0.2) is 0 Å². The normalized spacial score (nSPS) is 17.6. The summed E-state index contributed by atoms with van der Waals surface area (Å²) >= 11 is 0. The van der Waals surface area contributed by atoms with Crippen LogP contribution in [-0.4, -0.2) is 37.2 Å². The number of hydrogen-bond donors (Lipinski definition) is 3. The Morgan fingerprint density at radius 3 is 2.41 bits per heavy atom. The van der Waals surface area contributed by atoms with Crippen molar-refractivity contribution in [2.24, 2.45) is 11.7 Å². The largest absolute Gasteiger partial charge is 0.480 e. The minimum atomic E-state index is -3.59. The zero-order valence-corrected chi connectivity index (χ0v) is 10.1. The van der Waals surface area contributed by atoms with Gasteiger partial charge in [-0.3, -0.25) is 9.59 Å². The SMILES string of the molecule is NC(=O)CC[C@@H](NS(=O)(=O)CC1CC1)C(=O)O. The van der Waals surface area contributed by atoms with E-state index in [0.717, 1.165) is 12.8 Å². The molecule has 0 spiro atoms. The maximum atomic E-state index is 11.5. The van der Waals surface area contributed by atoms with E-state index in [1.165, 1.54) is 0 Å². The predicted molar refractivity (Wildman–Crippen MR) is 59.5 cm³/mol. The van der Waals surface area contributed by atoms with Crippen LogP contribution in [0.3, 0.4) is 0 Å². The fraction of sp³-hybridized carbons (Fsp3) is 0.778. The minimum absolute atomic E-state index is 0.0483. The van der Waals surface area contributed by atoms with Gasteiger partial charge in [-0.25, -0.2) is 13.1 Å². The van der Waals surface area contributed by atoms with Gasteiger partial charge in [-0.1, -0.05) is 0 Å². The first-order chi connectivity index (χ1) is 7.80. The lowest BCUT2D eigenvalue weighted by atomic mass is 10.2. The van der Waals surface area contributed by atoms with Crippen molar-refractivity contribution in [3.05, 3.63) is 0 Å². The number of carboxylic acids is 1. The Labute approximate surface area is 99.4 Å². The van der Waals surface area contributed by atoms with Crippen molar-refractivity contribution in [1.82, 2.24) is 4.72 Å². The molecular formula is C9H16N2O5S. The Hall–Kier alpha value is -1.15. The molecule has 1 aliphatic rings. The Morgan fingerprint density at radius 1 is 1.41 bits per heavy atom. The highest BCUT2D eigenvalue weighted by Gasteiger charge is 2.31. The van der Waals surface area contributed by atoms with E-state index in [2.05, 4.69) is 4.72 Å². The third kappa shape index (κ3) is 5.64. The molecule has 0 aromatic heterocycles. The lowest BCUT2D eigenvalue weighted by Gasteiger charge is -2.13. The smallest absolute Gasteiger partial charge is 0.321 e. The van der Waals surface area contributed by atoms with E-state index in [4.69, 9.17) is 10.8 Å². The van der Waals surface area contributed by atoms with Gasteiger partial charge in [0.2, 0.25) is 15.9 Å². The number of nitrogens with two attached hydrogens (primary N) is 1. The van der Waals surface area contributed by atoms with Crippen molar-refractivity contribution >= 4 is 21.9 Å². The second-order valence-corrected chi connectivity index (χ2v) is 6.04. The van der Waals surface area contributed by atoms with Crippen molar-refractivity contribution < 1.29 is 23.1 Å². The molecule has 0 aromatic rings. The molecule has 0 heterocycles. The van der Waals surface area contributed by atoms with E-state index in [9.17, 15) is 18.0 Å². The number of aliphatic carboxylic acids is 1. The van der Waals surface area contributed by atoms with E-state index < -0.39 is 27.9 Å². The summed E-state index contributed by atoms with van der Waals surface area (Å²) in [7, 11) is -3.59. The Balaban J connectivity index is 2.52. The van der Waals surface area contributed by atoms with Crippen LogP contribution in [0.2, 0.25) is 0 Å². The van der Waals surface area contributed by atoms with Crippen LogP contribution < -0.4 is 10.5 Å². The highest BCUT2D eigenvalue weighted by atomic mass is 32.2. The second kappa shape index (κ2) is 5.46. The predicted octanol–water partition coefficient (Wildman–Crippen LogP) is -0.966. The van der Waals surface area contributed by atoms with Crippen LogP contribution in [0.4, 0.5) is 0 Å². The molecule has 1 amide bonds. The van der Waals surface area contributed by atoms with Crippen LogP contribution in [0.25, 0.3) is 0 Å². The number of carbonyl (C=O) groups is 2. The minimum Gasteiger partial charge on any atom is -0.480 e. The molecule has 0 bridgehead atoms. The lowest BCUT2D eigenvalue weighted by molar-refractivity contribution is -0.139. The van der Waals surface area contributed by atoms with Crippen molar-refractivity contribution in [2.45, 2.75) is 31.7 Å². The van der Waals surface area contributed by atoms with Crippen molar-refractivity contribution in [3.8, 4) is 0 Å². The van der Waals surface area contributed by atoms with Gasteiger partial charge in [0.15, 0.2) is 0 Å². The molecule has 1 fully saturated rings. The fourth-order valence-electron chi connectivity index (χ4n) is 1.38. The first-order valence-electron chi connectivity index (χ1n) is 5.31. The fourth-order valence-corrected chi connectivity index (χ4v) is 3.08. The third-order valence-corrected chi connectivity index (χ3v) is 4.01. The number of primary amides is 1. The topological polar surface area (TPSA) is 127 Å². The van der Waals surface area contributed by atoms with E-state index in [1.807, 2.05) is 0 Å². The van der Waals surface area contributed by atoms with E-state index in [1.54, 1.807) is 0 Å². The first kappa shape index (κ1) is 13.9. The zero-order valence-electron chi connectivity index (χ0n) is 9.26. The summed E-state index contributed by atoms with van der Waals surface area (Å²) in [6.07, 6.45) is 1.43. The Kier molecular flexibility index (Phi) is 4.47. The van der Waals surface area contributed by atoms with Crippen LogP contribution in [0, 0.1) is 5.92 Å². The summed E-state index contributed by atoms with van der Waals surface area (Å²) in [5.74, 6) is -1.87. The number of carbonyl (C=O) groups excluding carboxylic acids is 1. The van der Waals surface area contributed by atoms with E-state index in [-0.39, 0.29) is 24.5 Å². The van der Waals surface area contributed by atoms with E-state index >= 15 is 0 Å². The second-order valence-electron chi connectivity index (χ2n) is 4.24. The highest BCUT2D eigenvalue weighted by Crippen LogP contribution is 2.30. The Bertz CT molecular complexity index is 402. The van der Waals surface area contributed by atoms with Crippen molar-refractivity contribution in [1.29, 1.82) is 0 Å². The molecule has 0 aromatic carbocycles. The number of hydrogen-bond acceptors (Lipinski definition) is 4. The number of carboxylic acid groups (broad SMARTS) is 1. The molecule has 7 nitrogen and oxygen atoms in total. The maximum Gasteiger partial charge on any atom is 0.321 e. The first-order valence-corrected chi connectivity index (χ1v) is 6.96. The molecule has 17 heavy (non-hydrogen) atoms. The van der Waals surface area contributed by atoms with E-state index in [0.29, 0.717) is 0 Å². The summed E-state index contributed by atoms with van der Waals surface area (Å²) < 4.78 is 25.2. The van der Waals surface area contributed by atoms with Crippen LogP contribution >= 0.6 is 0 Å². The summed E-state index contributed by atoms with van der Waals surface area (Å²) in [4.78, 5) is 21.3. The summed E-state index contributed by atoms with van der Waals surface area (Å²) in [6.45, 7) is 0. The number of sulfonamides is 1. The third-order valence-electron chi connectivity index (χ3n) is 2.45. The number of nitrogens with one attached hydrogen (secondary N) is 1. The van der Waals surface area contributed by atoms with Gasteiger partial charge in [-0.2, -0.15) is 0 Å². The molecule has 4 N–H and O–H groups in total. The monoisotopic (exact) mass is 264 g/mol. The molecule has 1 rings (SSSR count). The maximum absolute atomic E-state index is 11.5. The number of amides is 1. The van der Waals surface area contributed by atoms with Gasteiger partial charge in [0, 0.05) is 6.42 Å². The summed E-state index contributed by atoms with van der Waals surface area (Å²) in [5, 5.41) is 8.82. The molecule has 0 radical (unpaired) electrons. The molecule has 1 aliphatic carbocycles. The highest BCUT2D eigenvalue weighted by molar-refractivity contribution is 7.89. The average Bonchev–Trinajstić information content (AvgIpc) is 2.94. The molecule has 0 aliphatic heterocycles. The molecular weight excluding hydrogens is 248 g/mol. The van der Waals surface area contributed by atoms with Crippen LogP contribution in [0.1, 0.15) is 25.7 Å². The van der Waals surface area contributed by atoms with Crippen LogP contribution in [-0.2, 0) is 19.6 Å². The van der Waals surface area contributed by atoms with Gasteiger partial charge in [0.25, 0.3) is 0 Å². The quantitative estimate of drug-likeness (QED) is 0.520. The molecule has 0 saturated heterocycles. The Morgan fingerprint density at radius 2 is 2.00 bits per heavy atom. The zero-order chi connectivity index (χ0) is 13.1. The van der Waals surface area contributed by atoms with Gasteiger partial charge < -0.3 is 10.8 Å². The molecule has 8 heteroatoms. The lowest BCUT2D eigenvalue weighted by Crippen LogP contribution is -2.42. The molecule has 1 saturated carbocycles. The summed E-state index contributed by atoms with van der Waals surface area (Å²) in [5.41, 5.74) is 4.89. The number of rotatable bonds is 8. The molecule has 98 valence electrons. The standard InChI is InChI=1S/C9H16N2O5S/c10-8(12)4-3-7(9(13)14)11-17(15,16)5-6-1-2-6/h6-7,11H,1-5H2,(H2,10,12)(H,13,14)/t7-/m1/s1. The van der Waals surface area contributed by atoms with Crippen molar-refractivity contribution in [2.75, 3.05) is 5.75 Å². The van der Waals surface area contributed by atoms with Gasteiger partial charge in [0.1, 0.15) is 6.04 Å².